The number of aromatic amines is 1. The van der Waals surface area contributed by atoms with Gasteiger partial charge in [-0.15, -0.1) is 0 Å². The molecule has 0 spiro atoms. The highest BCUT2D eigenvalue weighted by molar-refractivity contribution is 5.87. The van der Waals surface area contributed by atoms with E-state index < -0.39 is 23.4 Å². The zero-order valence-corrected chi connectivity index (χ0v) is 7.14. The predicted octanol–water partition coefficient (Wildman–Crippen LogP) is 1.69. The molecule has 1 rings (SSSR count). The summed E-state index contributed by atoms with van der Waals surface area (Å²) in [6, 6.07) is 0. The van der Waals surface area contributed by atoms with Crippen LogP contribution >= 0.6 is 0 Å². The molecule has 0 unspecified atom stereocenters. The molecule has 0 aliphatic rings. The van der Waals surface area contributed by atoms with Gasteiger partial charge in [0.25, 0.3) is 0 Å². The van der Waals surface area contributed by atoms with Gasteiger partial charge in [-0.1, -0.05) is 6.92 Å². The number of aromatic nitrogens is 2. The van der Waals surface area contributed by atoms with Crippen LogP contribution in [0.3, 0.4) is 0 Å². The van der Waals surface area contributed by atoms with Crippen molar-refractivity contribution >= 4 is 5.97 Å². The summed E-state index contributed by atoms with van der Waals surface area (Å²) in [5.74, 6) is -1.69. The third kappa shape index (κ3) is 1.70. The predicted molar refractivity (Wildman–Crippen MR) is 39.9 cm³/mol. The van der Waals surface area contributed by atoms with E-state index in [0.29, 0.717) is 0 Å². The molecule has 1 aromatic heterocycles. The van der Waals surface area contributed by atoms with Crippen LogP contribution in [0.5, 0.6) is 0 Å². The Labute approximate surface area is 76.7 Å². The van der Waals surface area contributed by atoms with Gasteiger partial charge in [-0.25, -0.2) is 4.79 Å². The molecule has 0 saturated carbocycles. The molecule has 0 aliphatic heterocycles. The number of carboxylic acids is 1. The number of halogens is 3. The monoisotopic (exact) mass is 208 g/mol. The minimum atomic E-state index is -4.69. The summed E-state index contributed by atoms with van der Waals surface area (Å²) in [5.41, 5.74) is -2.38. The van der Waals surface area contributed by atoms with E-state index >= 15 is 0 Å². The molecule has 0 saturated heterocycles. The van der Waals surface area contributed by atoms with Crippen molar-refractivity contribution in [1.82, 2.24) is 10.2 Å². The van der Waals surface area contributed by atoms with Crippen molar-refractivity contribution in [3.05, 3.63) is 17.0 Å². The molecule has 1 heterocycles. The first-order valence-corrected chi connectivity index (χ1v) is 3.75. The fourth-order valence-corrected chi connectivity index (χ4v) is 1.09. The molecular weight excluding hydrogens is 201 g/mol. The average Bonchev–Trinajstić information content (AvgIpc) is 2.45. The SMILES string of the molecule is CCc1[nH]nc(C(=O)O)c1C(F)(F)F. The zero-order chi connectivity index (χ0) is 10.9. The van der Waals surface area contributed by atoms with Crippen molar-refractivity contribution in [2.75, 3.05) is 0 Å². The summed E-state index contributed by atoms with van der Waals surface area (Å²) in [4.78, 5) is 10.4. The lowest BCUT2D eigenvalue weighted by atomic mass is 10.1. The van der Waals surface area contributed by atoms with Crippen LogP contribution in [0.4, 0.5) is 13.2 Å². The highest BCUT2D eigenvalue weighted by atomic mass is 19.4. The first-order valence-electron chi connectivity index (χ1n) is 3.75. The van der Waals surface area contributed by atoms with E-state index in [0.717, 1.165) is 0 Å². The first-order chi connectivity index (χ1) is 6.38. The number of hydrogen-bond acceptors (Lipinski definition) is 2. The Kier molecular flexibility index (Phi) is 2.50. The summed E-state index contributed by atoms with van der Waals surface area (Å²) in [6.45, 7) is 1.48. The van der Waals surface area contributed by atoms with Crippen LogP contribution in [0.25, 0.3) is 0 Å². The molecule has 2 N–H and O–H groups in total. The van der Waals surface area contributed by atoms with Crippen molar-refractivity contribution in [1.29, 1.82) is 0 Å². The second-order valence-corrected chi connectivity index (χ2v) is 2.58. The molecule has 0 amide bonds. The lowest BCUT2D eigenvalue weighted by Crippen LogP contribution is -2.13. The van der Waals surface area contributed by atoms with Gasteiger partial charge < -0.3 is 5.11 Å². The Morgan fingerprint density at radius 2 is 2.14 bits per heavy atom. The number of hydrogen-bond donors (Lipinski definition) is 2. The van der Waals surface area contributed by atoms with Crippen molar-refractivity contribution < 1.29 is 23.1 Å². The van der Waals surface area contributed by atoms with E-state index in [-0.39, 0.29) is 12.1 Å². The van der Waals surface area contributed by atoms with Gasteiger partial charge in [0, 0.05) is 5.69 Å². The van der Waals surface area contributed by atoms with Gasteiger partial charge in [0.1, 0.15) is 5.56 Å². The number of nitrogens with zero attached hydrogens (tertiary/aromatic N) is 1. The van der Waals surface area contributed by atoms with Gasteiger partial charge in [-0.3, -0.25) is 5.10 Å². The van der Waals surface area contributed by atoms with Crippen LogP contribution in [-0.4, -0.2) is 21.3 Å². The highest BCUT2D eigenvalue weighted by Gasteiger charge is 2.40. The molecule has 0 radical (unpaired) electrons. The minimum Gasteiger partial charge on any atom is -0.476 e. The Bertz CT molecular complexity index is 356. The molecule has 0 atom stereocenters. The molecule has 14 heavy (non-hydrogen) atoms. The van der Waals surface area contributed by atoms with Crippen molar-refractivity contribution in [3.8, 4) is 0 Å². The molecule has 7 heteroatoms. The summed E-state index contributed by atoms with van der Waals surface area (Å²) in [5, 5.41) is 13.6. The van der Waals surface area contributed by atoms with E-state index in [1.165, 1.54) is 6.92 Å². The van der Waals surface area contributed by atoms with Crippen LogP contribution in [0.1, 0.15) is 28.7 Å². The summed E-state index contributed by atoms with van der Waals surface area (Å²) in [6.07, 6.45) is -4.64. The van der Waals surface area contributed by atoms with Crippen molar-refractivity contribution in [2.24, 2.45) is 0 Å². The van der Waals surface area contributed by atoms with Crippen molar-refractivity contribution in [3.63, 3.8) is 0 Å². The second-order valence-electron chi connectivity index (χ2n) is 2.58. The number of H-pyrrole nitrogens is 1. The third-order valence-electron chi connectivity index (χ3n) is 1.68. The highest BCUT2D eigenvalue weighted by Crippen LogP contribution is 2.33. The Balaban J connectivity index is 3.34. The lowest BCUT2D eigenvalue weighted by molar-refractivity contribution is -0.138. The van der Waals surface area contributed by atoms with E-state index in [2.05, 4.69) is 10.2 Å². The summed E-state index contributed by atoms with van der Waals surface area (Å²) < 4.78 is 37.1. The van der Waals surface area contributed by atoms with E-state index in [1.807, 2.05) is 0 Å². The number of aryl methyl sites for hydroxylation is 1. The lowest BCUT2D eigenvalue weighted by Gasteiger charge is -2.06. The van der Waals surface area contributed by atoms with Crippen LogP contribution in [-0.2, 0) is 12.6 Å². The molecule has 1 aromatic rings. The van der Waals surface area contributed by atoms with Crippen LogP contribution in [0, 0.1) is 0 Å². The van der Waals surface area contributed by atoms with Crippen LogP contribution < -0.4 is 0 Å². The normalized spacial score (nSPS) is 11.7. The maximum absolute atomic E-state index is 12.4. The molecule has 0 bridgehead atoms. The van der Waals surface area contributed by atoms with Crippen LogP contribution in [0.15, 0.2) is 0 Å². The smallest absolute Gasteiger partial charge is 0.420 e. The fraction of sp³-hybridized carbons (Fsp3) is 0.429. The molecule has 4 nitrogen and oxygen atoms in total. The van der Waals surface area contributed by atoms with Crippen molar-refractivity contribution in [2.45, 2.75) is 19.5 Å². The topological polar surface area (TPSA) is 66.0 Å². The molecular formula is C7H7F3N2O2. The fourth-order valence-electron chi connectivity index (χ4n) is 1.09. The first kappa shape index (κ1) is 10.6. The van der Waals surface area contributed by atoms with E-state index in [4.69, 9.17) is 5.11 Å². The van der Waals surface area contributed by atoms with Gasteiger partial charge in [-0.05, 0) is 6.42 Å². The molecule has 78 valence electrons. The molecule has 0 fully saturated rings. The quantitative estimate of drug-likeness (QED) is 0.777. The molecule has 0 aliphatic carbocycles. The second kappa shape index (κ2) is 3.32. The number of alkyl halides is 3. The van der Waals surface area contributed by atoms with Gasteiger partial charge in [-0.2, -0.15) is 18.3 Å². The zero-order valence-electron chi connectivity index (χ0n) is 7.14. The third-order valence-corrected chi connectivity index (χ3v) is 1.68. The van der Waals surface area contributed by atoms with Gasteiger partial charge >= 0.3 is 12.1 Å². The number of carbonyl (C=O) groups is 1. The average molecular weight is 208 g/mol. The van der Waals surface area contributed by atoms with Crippen LogP contribution in [0.2, 0.25) is 0 Å². The maximum atomic E-state index is 12.4. The summed E-state index contributed by atoms with van der Waals surface area (Å²) >= 11 is 0. The largest absolute Gasteiger partial charge is 0.476 e. The number of carboxylic acid groups (broad SMARTS) is 1. The Hall–Kier alpha value is -1.53. The number of nitrogens with one attached hydrogen (secondary N) is 1. The molecule has 0 aromatic carbocycles. The maximum Gasteiger partial charge on any atom is 0.420 e. The Morgan fingerprint density at radius 3 is 2.50 bits per heavy atom. The summed E-state index contributed by atoms with van der Waals surface area (Å²) in [7, 11) is 0. The number of aromatic carboxylic acids is 1. The van der Waals surface area contributed by atoms with E-state index in [1.54, 1.807) is 0 Å². The standard InChI is InChI=1S/C7H7F3N2O2/c1-2-3-4(7(8,9)10)5(6(13)14)12-11-3/h2H2,1H3,(H,11,12)(H,13,14). The Morgan fingerprint density at radius 1 is 1.57 bits per heavy atom. The minimum absolute atomic E-state index is 0.0507. The van der Waals surface area contributed by atoms with Gasteiger partial charge in [0.05, 0.1) is 0 Å². The number of rotatable bonds is 2. The van der Waals surface area contributed by atoms with Gasteiger partial charge in [0.15, 0.2) is 5.69 Å². The van der Waals surface area contributed by atoms with Gasteiger partial charge in [0.2, 0.25) is 0 Å². The van der Waals surface area contributed by atoms with E-state index in [9.17, 15) is 18.0 Å².